The maximum absolute atomic E-state index is 13.6. The first-order valence-electron chi connectivity index (χ1n) is 7.61. The predicted molar refractivity (Wildman–Crippen MR) is 82.5 cm³/mol. The number of aryl methyl sites for hydroxylation is 1. The van der Waals surface area contributed by atoms with Gasteiger partial charge in [0.1, 0.15) is 5.82 Å². The first kappa shape index (κ1) is 16.0. The summed E-state index contributed by atoms with van der Waals surface area (Å²) in [5.41, 5.74) is 1.35. The summed E-state index contributed by atoms with van der Waals surface area (Å²) in [4.78, 5) is 12.5. The number of nitrogens with one attached hydrogen (secondary N) is 2. The Hall–Kier alpha value is -1.42. The van der Waals surface area contributed by atoms with Crippen LogP contribution in [0.5, 0.6) is 0 Å². The molecule has 2 rings (SSSR count). The van der Waals surface area contributed by atoms with E-state index in [0.717, 1.165) is 24.9 Å². The molecule has 0 bridgehead atoms. The number of piperidine rings is 1. The lowest BCUT2D eigenvalue weighted by molar-refractivity contribution is -0.127. The quantitative estimate of drug-likeness (QED) is 0.899. The zero-order valence-corrected chi connectivity index (χ0v) is 13.3. The Balaban J connectivity index is 2.06. The van der Waals surface area contributed by atoms with Crippen molar-refractivity contribution >= 4 is 5.91 Å². The minimum atomic E-state index is -0.232. The van der Waals surface area contributed by atoms with Crippen molar-refractivity contribution in [2.75, 3.05) is 6.54 Å². The first-order chi connectivity index (χ1) is 9.81. The van der Waals surface area contributed by atoms with Crippen molar-refractivity contribution in [3.05, 3.63) is 35.1 Å². The molecule has 4 heteroatoms. The molecule has 0 aliphatic carbocycles. The summed E-state index contributed by atoms with van der Waals surface area (Å²) in [6, 6.07) is 4.72. The summed E-state index contributed by atoms with van der Waals surface area (Å²) in [7, 11) is 0. The Labute approximate surface area is 126 Å². The first-order valence-corrected chi connectivity index (χ1v) is 7.61. The van der Waals surface area contributed by atoms with Gasteiger partial charge in [0, 0.05) is 0 Å². The van der Waals surface area contributed by atoms with Crippen LogP contribution in [0.4, 0.5) is 4.39 Å². The molecule has 2 unspecified atom stereocenters. The molecule has 1 heterocycles. The van der Waals surface area contributed by atoms with Crippen LogP contribution in [0.15, 0.2) is 18.2 Å². The maximum Gasteiger partial charge on any atom is 0.238 e. The third-order valence-electron chi connectivity index (χ3n) is 4.44. The summed E-state index contributed by atoms with van der Waals surface area (Å²) in [6.45, 7) is 8.71. The number of hydrogen-bond donors (Lipinski definition) is 2. The molecule has 1 amide bonds. The minimum Gasteiger partial charge on any atom is -0.348 e. The number of benzene rings is 1. The van der Waals surface area contributed by atoms with Crippen molar-refractivity contribution in [1.29, 1.82) is 0 Å². The number of carbonyl (C=O) groups is 1. The molecule has 2 atom stereocenters. The van der Waals surface area contributed by atoms with Crippen LogP contribution in [-0.2, 0) is 4.79 Å². The predicted octanol–water partition coefficient (Wildman–Crippen LogP) is 3.09. The van der Waals surface area contributed by atoms with Crippen molar-refractivity contribution in [2.45, 2.75) is 52.6 Å². The van der Waals surface area contributed by atoms with E-state index in [9.17, 15) is 9.18 Å². The second-order valence-corrected chi connectivity index (χ2v) is 6.72. The summed E-state index contributed by atoms with van der Waals surface area (Å²) in [6.07, 6.45) is 2.13. The summed E-state index contributed by atoms with van der Waals surface area (Å²) in [5.74, 6) is -0.238. The highest BCUT2D eigenvalue weighted by atomic mass is 19.1. The molecular formula is C17H25FN2O. The van der Waals surface area contributed by atoms with Crippen LogP contribution < -0.4 is 10.6 Å². The SMILES string of the molecule is Cc1ccc(C(C)NC(=O)C2NCCCC2(C)C)cc1F. The van der Waals surface area contributed by atoms with Crippen LogP contribution in [0, 0.1) is 18.2 Å². The molecule has 0 spiro atoms. The number of hydrogen-bond acceptors (Lipinski definition) is 2. The Bertz CT molecular complexity index is 528. The third-order valence-corrected chi connectivity index (χ3v) is 4.44. The lowest BCUT2D eigenvalue weighted by atomic mass is 9.77. The molecule has 3 nitrogen and oxygen atoms in total. The van der Waals surface area contributed by atoms with E-state index in [2.05, 4.69) is 24.5 Å². The Morgan fingerprint density at radius 1 is 1.48 bits per heavy atom. The van der Waals surface area contributed by atoms with Gasteiger partial charge in [0.25, 0.3) is 0 Å². The van der Waals surface area contributed by atoms with E-state index in [1.54, 1.807) is 13.0 Å². The summed E-state index contributed by atoms with van der Waals surface area (Å²) in [5, 5.41) is 6.30. The molecule has 1 aromatic carbocycles. The van der Waals surface area contributed by atoms with Gasteiger partial charge in [-0.2, -0.15) is 0 Å². The second-order valence-electron chi connectivity index (χ2n) is 6.72. The van der Waals surface area contributed by atoms with Crippen molar-refractivity contribution in [1.82, 2.24) is 10.6 Å². The molecule has 116 valence electrons. The van der Waals surface area contributed by atoms with Crippen molar-refractivity contribution in [3.8, 4) is 0 Å². The van der Waals surface area contributed by atoms with Gasteiger partial charge < -0.3 is 10.6 Å². The van der Waals surface area contributed by atoms with Gasteiger partial charge in [-0.3, -0.25) is 4.79 Å². The Morgan fingerprint density at radius 2 is 2.19 bits per heavy atom. The highest BCUT2D eigenvalue weighted by Gasteiger charge is 2.37. The van der Waals surface area contributed by atoms with Gasteiger partial charge in [-0.1, -0.05) is 26.0 Å². The van der Waals surface area contributed by atoms with Crippen LogP contribution in [0.25, 0.3) is 0 Å². The van der Waals surface area contributed by atoms with Gasteiger partial charge >= 0.3 is 0 Å². The fraction of sp³-hybridized carbons (Fsp3) is 0.588. The zero-order valence-electron chi connectivity index (χ0n) is 13.3. The van der Waals surface area contributed by atoms with Crippen molar-refractivity contribution < 1.29 is 9.18 Å². The normalized spacial score (nSPS) is 22.6. The number of halogens is 1. The summed E-state index contributed by atoms with van der Waals surface area (Å²) < 4.78 is 13.6. The van der Waals surface area contributed by atoms with Gasteiger partial charge in [0.2, 0.25) is 5.91 Å². The molecule has 2 N–H and O–H groups in total. The maximum atomic E-state index is 13.6. The van der Waals surface area contributed by atoms with Gasteiger partial charge in [-0.05, 0) is 55.8 Å². The zero-order chi connectivity index (χ0) is 15.6. The molecule has 1 aromatic rings. The average Bonchev–Trinajstić information content (AvgIpc) is 2.41. The molecule has 0 saturated carbocycles. The molecule has 21 heavy (non-hydrogen) atoms. The molecular weight excluding hydrogens is 267 g/mol. The molecule has 1 saturated heterocycles. The van der Waals surface area contributed by atoms with Gasteiger partial charge in [-0.25, -0.2) is 4.39 Å². The van der Waals surface area contributed by atoms with Gasteiger partial charge in [0.15, 0.2) is 0 Å². The fourth-order valence-corrected chi connectivity index (χ4v) is 2.92. The Morgan fingerprint density at radius 3 is 2.81 bits per heavy atom. The lowest BCUT2D eigenvalue weighted by Gasteiger charge is -2.38. The van der Waals surface area contributed by atoms with Crippen LogP contribution >= 0.6 is 0 Å². The minimum absolute atomic E-state index is 0.00631. The number of rotatable bonds is 3. The molecule has 0 aromatic heterocycles. The molecule has 1 aliphatic heterocycles. The van der Waals surface area contributed by atoms with E-state index in [-0.39, 0.29) is 29.2 Å². The van der Waals surface area contributed by atoms with Crippen LogP contribution in [0.3, 0.4) is 0 Å². The van der Waals surface area contributed by atoms with E-state index >= 15 is 0 Å². The van der Waals surface area contributed by atoms with Crippen LogP contribution in [-0.4, -0.2) is 18.5 Å². The smallest absolute Gasteiger partial charge is 0.238 e. The molecule has 1 fully saturated rings. The van der Waals surface area contributed by atoms with E-state index in [0.29, 0.717) is 5.56 Å². The van der Waals surface area contributed by atoms with E-state index in [4.69, 9.17) is 0 Å². The fourth-order valence-electron chi connectivity index (χ4n) is 2.92. The molecule has 0 radical (unpaired) electrons. The highest BCUT2D eigenvalue weighted by Crippen LogP contribution is 2.30. The van der Waals surface area contributed by atoms with Crippen molar-refractivity contribution in [3.63, 3.8) is 0 Å². The van der Waals surface area contributed by atoms with E-state index < -0.39 is 0 Å². The van der Waals surface area contributed by atoms with E-state index in [1.807, 2.05) is 13.0 Å². The second kappa shape index (κ2) is 6.14. The highest BCUT2D eigenvalue weighted by molar-refractivity contribution is 5.83. The monoisotopic (exact) mass is 292 g/mol. The third kappa shape index (κ3) is 3.62. The average molecular weight is 292 g/mol. The summed E-state index contributed by atoms with van der Waals surface area (Å²) >= 11 is 0. The number of carbonyl (C=O) groups excluding carboxylic acids is 1. The van der Waals surface area contributed by atoms with Gasteiger partial charge in [-0.15, -0.1) is 0 Å². The topological polar surface area (TPSA) is 41.1 Å². The van der Waals surface area contributed by atoms with Gasteiger partial charge in [0.05, 0.1) is 12.1 Å². The number of amides is 1. The largest absolute Gasteiger partial charge is 0.348 e. The van der Waals surface area contributed by atoms with Crippen LogP contribution in [0.1, 0.15) is 50.8 Å². The van der Waals surface area contributed by atoms with Crippen molar-refractivity contribution in [2.24, 2.45) is 5.41 Å². The molecule has 1 aliphatic rings. The lowest BCUT2D eigenvalue weighted by Crippen LogP contribution is -2.55. The van der Waals surface area contributed by atoms with Crippen LogP contribution in [0.2, 0.25) is 0 Å². The van der Waals surface area contributed by atoms with E-state index in [1.165, 1.54) is 6.07 Å². The Kier molecular flexibility index (Phi) is 4.67. The standard InChI is InChI=1S/C17H25FN2O/c1-11-6-7-13(10-14(11)18)12(2)20-16(21)15-17(3,4)8-5-9-19-15/h6-7,10,12,15,19H,5,8-9H2,1-4H3,(H,20,21).